The first-order valence-corrected chi connectivity index (χ1v) is 6.43. The van der Waals surface area contributed by atoms with Gasteiger partial charge in [0.05, 0.1) is 6.10 Å². The van der Waals surface area contributed by atoms with Crippen molar-refractivity contribution < 1.29 is 9.90 Å². The average Bonchev–Trinajstić information content (AvgIpc) is 2.57. The summed E-state index contributed by atoms with van der Waals surface area (Å²) in [7, 11) is 0. The van der Waals surface area contributed by atoms with E-state index in [-0.39, 0.29) is 23.3 Å². The molecule has 1 fully saturated rings. The Morgan fingerprint density at radius 2 is 2.25 bits per heavy atom. The van der Waals surface area contributed by atoms with E-state index in [0.29, 0.717) is 13.0 Å². The summed E-state index contributed by atoms with van der Waals surface area (Å²) in [6, 6.07) is 0. The van der Waals surface area contributed by atoms with Crippen molar-refractivity contribution in [3.05, 3.63) is 0 Å². The van der Waals surface area contributed by atoms with Crippen molar-refractivity contribution in [2.45, 2.75) is 59.0 Å². The topological polar surface area (TPSA) is 49.3 Å². The van der Waals surface area contributed by atoms with Gasteiger partial charge < -0.3 is 10.4 Å². The van der Waals surface area contributed by atoms with Crippen LogP contribution in [0.4, 0.5) is 0 Å². The molecule has 16 heavy (non-hydrogen) atoms. The minimum atomic E-state index is -0.281. The number of aliphatic hydroxyl groups is 1. The van der Waals surface area contributed by atoms with Gasteiger partial charge in [-0.2, -0.15) is 0 Å². The lowest BCUT2D eigenvalue weighted by Crippen LogP contribution is -2.37. The van der Waals surface area contributed by atoms with Gasteiger partial charge in [0.1, 0.15) is 0 Å². The monoisotopic (exact) mass is 227 g/mol. The maximum Gasteiger partial charge on any atom is 0.223 e. The Morgan fingerprint density at radius 3 is 2.75 bits per heavy atom. The van der Waals surface area contributed by atoms with Gasteiger partial charge in [0.15, 0.2) is 0 Å². The third-order valence-electron chi connectivity index (χ3n) is 3.82. The Hall–Kier alpha value is -0.570. The minimum absolute atomic E-state index is 0.146. The van der Waals surface area contributed by atoms with E-state index in [0.717, 1.165) is 25.7 Å². The Bertz CT molecular complexity index is 238. The second-order valence-electron chi connectivity index (χ2n) is 5.58. The molecule has 0 spiro atoms. The first-order valence-electron chi connectivity index (χ1n) is 6.43. The number of carbonyl (C=O) groups excluding carboxylic acids is 1. The van der Waals surface area contributed by atoms with E-state index in [9.17, 15) is 9.90 Å². The van der Waals surface area contributed by atoms with Crippen LogP contribution in [0.25, 0.3) is 0 Å². The summed E-state index contributed by atoms with van der Waals surface area (Å²) < 4.78 is 0. The zero-order chi connectivity index (χ0) is 12.2. The van der Waals surface area contributed by atoms with Crippen molar-refractivity contribution in [2.24, 2.45) is 11.3 Å². The Balaban J connectivity index is 2.30. The maximum absolute atomic E-state index is 11.9. The molecular weight excluding hydrogens is 202 g/mol. The smallest absolute Gasteiger partial charge is 0.223 e. The predicted octanol–water partition coefficient (Wildman–Crippen LogP) is 2.09. The molecule has 2 N–H and O–H groups in total. The van der Waals surface area contributed by atoms with E-state index in [2.05, 4.69) is 19.2 Å². The molecule has 1 aliphatic rings. The van der Waals surface area contributed by atoms with E-state index in [4.69, 9.17) is 0 Å². The summed E-state index contributed by atoms with van der Waals surface area (Å²) in [5.74, 6) is 0.331. The van der Waals surface area contributed by atoms with Crippen molar-refractivity contribution in [1.82, 2.24) is 5.32 Å². The van der Waals surface area contributed by atoms with Gasteiger partial charge in [-0.25, -0.2) is 0 Å². The molecule has 1 rings (SSSR count). The second-order valence-corrected chi connectivity index (χ2v) is 5.58. The fourth-order valence-electron chi connectivity index (χ4n) is 2.50. The van der Waals surface area contributed by atoms with E-state index in [1.54, 1.807) is 0 Å². The summed E-state index contributed by atoms with van der Waals surface area (Å²) in [6.45, 7) is 6.89. The normalized spacial score (nSPS) is 25.4. The molecule has 0 aromatic carbocycles. The molecule has 0 radical (unpaired) electrons. The summed E-state index contributed by atoms with van der Waals surface area (Å²) in [5, 5.41) is 12.3. The van der Waals surface area contributed by atoms with E-state index < -0.39 is 0 Å². The van der Waals surface area contributed by atoms with Crippen LogP contribution in [0, 0.1) is 11.3 Å². The maximum atomic E-state index is 11.9. The third-order valence-corrected chi connectivity index (χ3v) is 3.82. The Kier molecular flexibility index (Phi) is 4.78. The molecule has 2 unspecified atom stereocenters. The molecule has 0 aliphatic heterocycles. The van der Waals surface area contributed by atoms with Crippen molar-refractivity contribution in [2.75, 3.05) is 6.54 Å². The van der Waals surface area contributed by atoms with Gasteiger partial charge in [0, 0.05) is 12.5 Å². The van der Waals surface area contributed by atoms with Gasteiger partial charge in [-0.15, -0.1) is 0 Å². The first-order chi connectivity index (χ1) is 7.47. The van der Waals surface area contributed by atoms with Crippen LogP contribution in [0.3, 0.4) is 0 Å². The minimum Gasteiger partial charge on any atom is -0.393 e. The predicted molar refractivity (Wildman–Crippen MR) is 65.0 cm³/mol. The molecule has 0 saturated heterocycles. The average molecular weight is 227 g/mol. The van der Waals surface area contributed by atoms with E-state index in [1.165, 1.54) is 0 Å². The number of aliphatic hydroxyl groups excluding tert-OH is 1. The molecule has 94 valence electrons. The van der Waals surface area contributed by atoms with Gasteiger partial charge in [0.25, 0.3) is 0 Å². The summed E-state index contributed by atoms with van der Waals surface area (Å²) in [5.41, 5.74) is 0.146. The fourth-order valence-corrected chi connectivity index (χ4v) is 2.50. The number of hydrogen-bond acceptors (Lipinski definition) is 2. The molecule has 3 heteroatoms. The van der Waals surface area contributed by atoms with Crippen LogP contribution in [0.15, 0.2) is 0 Å². The first kappa shape index (κ1) is 13.5. The quantitative estimate of drug-likeness (QED) is 0.755. The fraction of sp³-hybridized carbons (Fsp3) is 0.923. The number of rotatable bonds is 5. The molecule has 2 atom stereocenters. The van der Waals surface area contributed by atoms with Gasteiger partial charge in [0.2, 0.25) is 5.91 Å². The molecule has 1 saturated carbocycles. The SMILES string of the molecule is CCC(O)CCNC(=O)C1CCCC1(C)C. The number of nitrogens with one attached hydrogen (secondary N) is 1. The van der Waals surface area contributed by atoms with E-state index in [1.807, 2.05) is 6.92 Å². The van der Waals surface area contributed by atoms with Crippen molar-refractivity contribution in [3.63, 3.8) is 0 Å². The van der Waals surface area contributed by atoms with Crippen LogP contribution in [0.5, 0.6) is 0 Å². The zero-order valence-corrected chi connectivity index (χ0v) is 10.8. The van der Waals surface area contributed by atoms with Crippen LogP contribution in [0.2, 0.25) is 0 Å². The largest absolute Gasteiger partial charge is 0.393 e. The molecule has 3 nitrogen and oxygen atoms in total. The molecule has 0 heterocycles. The lowest BCUT2D eigenvalue weighted by molar-refractivity contribution is -0.127. The standard InChI is InChI=1S/C13H25NO2/c1-4-10(15)7-9-14-12(16)11-6-5-8-13(11,2)3/h10-11,15H,4-9H2,1-3H3,(H,14,16). The van der Waals surface area contributed by atoms with Crippen LogP contribution >= 0.6 is 0 Å². The second kappa shape index (κ2) is 5.67. The summed E-state index contributed by atoms with van der Waals surface area (Å²) in [6.07, 6.45) is 4.44. The lowest BCUT2D eigenvalue weighted by atomic mass is 9.81. The van der Waals surface area contributed by atoms with Crippen LogP contribution in [-0.4, -0.2) is 23.7 Å². The van der Waals surface area contributed by atoms with Crippen molar-refractivity contribution in [1.29, 1.82) is 0 Å². The van der Waals surface area contributed by atoms with E-state index >= 15 is 0 Å². The summed E-state index contributed by atoms with van der Waals surface area (Å²) in [4.78, 5) is 11.9. The van der Waals surface area contributed by atoms with Gasteiger partial charge >= 0.3 is 0 Å². The molecule has 0 aromatic heterocycles. The lowest BCUT2D eigenvalue weighted by Gasteiger charge is -2.26. The number of hydrogen-bond donors (Lipinski definition) is 2. The molecular formula is C13H25NO2. The highest BCUT2D eigenvalue weighted by atomic mass is 16.3. The highest BCUT2D eigenvalue weighted by molar-refractivity contribution is 5.79. The van der Waals surface area contributed by atoms with Gasteiger partial charge in [-0.1, -0.05) is 27.2 Å². The van der Waals surface area contributed by atoms with Crippen LogP contribution < -0.4 is 5.32 Å². The van der Waals surface area contributed by atoms with Crippen molar-refractivity contribution >= 4 is 5.91 Å². The number of carbonyl (C=O) groups is 1. The van der Waals surface area contributed by atoms with Crippen molar-refractivity contribution in [3.8, 4) is 0 Å². The number of amides is 1. The third kappa shape index (κ3) is 3.48. The summed E-state index contributed by atoms with van der Waals surface area (Å²) >= 11 is 0. The molecule has 0 bridgehead atoms. The Morgan fingerprint density at radius 1 is 1.56 bits per heavy atom. The zero-order valence-electron chi connectivity index (χ0n) is 10.8. The highest BCUT2D eigenvalue weighted by Gasteiger charge is 2.38. The molecule has 0 aromatic rings. The van der Waals surface area contributed by atoms with Gasteiger partial charge in [-0.05, 0) is 31.1 Å². The van der Waals surface area contributed by atoms with Crippen LogP contribution in [0.1, 0.15) is 52.9 Å². The van der Waals surface area contributed by atoms with Crippen LogP contribution in [-0.2, 0) is 4.79 Å². The Labute approximate surface area is 98.6 Å². The van der Waals surface area contributed by atoms with Gasteiger partial charge in [-0.3, -0.25) is 4.79 Å². The molecule has 1 aliphatic carbocycles. The molecule has 1 amide bonds. The highest BCUT2D eigenvalue weighted by Crippen LogP contribution is 2.42.